The highest BCUT2D eigenvalue weighted by Gasteiger charge is 2.70. The van der Waals surface area contributed by atoms with E-state index in [0.29, 0.717) is 30.9 Å². The van der Waals surface area contributed by atoms with E-state index in [4.69, 9.17) is 18.6 Å². The Kier molecular flexibility index (Phi) is 6.13. The van der Waals surface area contributed by atoms with Gasteiger partial charge in [0.15, 0.2) is 11.5 Å². The van der Waals surface area contributed by atoms with Gasteiger partial charge >= 0.3 is 0 Å². The Labute approximate surface area is 214 Å². The fraction of sp³-hybridized carbons (Fsp3) is 0.667. The fourth-order valence-electron chi connectivity index (χ4n) is 8.04. The summed E-state index contributed by atoms with van der Waals surface area (Å²) in [4.78, 5) is 2.79. The fourth-order valence-corrected chi connectivity index (χ4v) is 8.04. The second kappa shape index (κ2) is 9.07. The maximum Gasteiger partial charge on any atom is 0.165 e. The summed E-state index contributed by atoms with van der Waals surface area (Å²) in [6.07, 6.45) is 9.13. The molecule has 6 atom stereocenters. The molecule has 36 heavy (non-hydrogen) atoms. The van der Waals surface area contributed by atoms with E-state index in [2.05, 4.69) is 17.9 Å². The van der Waals surface area contributed by atoms with Gasteiger partial charge in [0.1, 0.15) is 12.2 Å². The van der Waals surface area contributed by atoms with Crippen molar-refractivity contribution in [2.45, 2.75) is 83.1 Å². The molecule has 5 aliphatic rings. The molecule has 1 spiro atoms. The van der Waals surface area contributed by atoms with Crippen molar-refractivity contribution in [3.8, 4) is 11.5 Å². The number of benzene rings is 1. The van der Waals surface area contributed by atoms with Crippen LogP contribution in [-0.4, -0.2) is 55.1 Å². The van der Waals surface area contributed by atoms with Crippen LogP contribution >= 0.6 is 0 Å². The van der Waals surface area contributed by atoms with E-state index >= 15 is 0 Å². The molecule has 3 fully saturated rings. The quantitative estimate of drug-likeness (QED) is 0.562. The van der Waals surface area contributed by atoms with Crippen LogP contribution in [0.25, 0.3) is 0 Å². The maximum absolute atomic E-state index is 10.8. The molecule has 1 aromatic carbocycles. The zero-order valence-electron chi connectivity index (χ0n) is 22.2. The molecule has 2 bridgehead atoms. The normalized spacial score (nSPS) is 36.0. The molecule has 7 rings (SSSR count). The molecular weight excluding hydrogens is 454 g/mol. The number of likely N-dealkylation sites (tertiary alicyclic amines) is 1. The van der Waals surface area contributed by atoms with Gasteiger partial charge in [-0.3, -0.25) is 4.90 Å². The standard InChI is InChI=1S/C28H35NO5.C2H6/c1-27(16-33-15-18-7-10-32-14-18)12-20-21-11-19-5-6-22(30)24-23(19)28(20,26(34-24)25(27)31-2)8-9-29(21)13-17-3-4-17;1-2/h5-7,10,14,17,20-21,25-26,30H,3-4,8-9,11-13,15-16H2,1-2H3;1-2H3/t20?,21?,25?,26-,27-,28?;/m1./s1. The molecule has 1 N–H and O–H groups in total. The van der Waals surface area contributed by atoms with Crippen molar-refractivity contribution in [2.24, 2.45) is 17.3 Å². The van der Waals surface area contributed by atoms with Crippen molar-refractivity contribution in [1.82, 2.24) is 4.90 Å². The number of piperidine rings is 1. The van der Waals surface area contributed by atoms with Crippen LogP contribution in [0.5, 0.6) is 11.5 Å². The van der Waals surface area contributed by atoms with Crippen molar-refractivity contribution in [3.63, 3.8) is 0 Å². The van der Waals surface area contributed by atoms with E-state index in [0.717, 1.165) is 37.3 Å². The number of furan rings is 1. The number of phenolic OH excluding ortho intramolecular Hbond substituents is 1. The van der Waals surface area contributed by atoms with Crippen LogP contribution < -0.4 is 4.74 Å². The van der Waals surface area contributed by atoms with Gasteiger partial charge in [0.2, 0.25) is 0 Å². The van der Waals surface area contributed by atoms with E-state index in [-0.39, 0.29) is 28.8 Å². The molecular formula is C30H41NO5. The third-order valence-electron chi connectivity index (χ3n) is 9.65. The number of methoxy groups -OCH3 is 1. The molecule has 1 saturated heterocycles. The summed E-state index contributed by atoms with van der Waals surface area (Å²) in [6, 6.07) is 6.44. The third-order valence-corrected chi connectivity index (χ3v) is 9.65. The lowest BCUT2D eigenvalue weighted by atomic mass is 9.47. The molecule has 2 saturated carbocycles. The number of ether oxygens (including phenoxy) is 3. The Balaban J connectivity index is 0.00000117. The molecule has 0 radical (unpaired) electrons. The van der Waals surface area contributed by atoms with E-state index in [1.807, 2.05) is 33.1 Å². The SMILES string of the molecule is CC.COC1[C@H]2Oc3c(O)ccc4c3C23CCN(CC2CC2)C(C4)C3C[C@]1(C)COCc1ccoc1. The minimum absolute atomic E-state index is 0.0862. The third kappa shape index (κ3) is 3.55. The van der Waals surface area contributed by atoms with Crippen molar-refractivity contribution in [2.75, 3.05) is 26.8 Å². The predicted molar refractivity (Wildman–Crippen MR) is 137 cm³/mol. The van der Waals surface area contributed by atoms with Gasteiger partial charge in [0.25, 0.3) is 0 Å². The predicted octanol–water partition coefficient (Wildman–Crippen LogP) is 5.31. The van der Waals surface area contributed by atoms with Crippen LogP contribution in [0.1, 0.15) is 63.1 Å². The van der Waals surface area contributed by atoms with E-state index in [1.165, 1.54) is 30.5 Å². The van der Waals surface area contributed by atoms with Crippen molar-refractivity contribution in [1.29, 1.82) is 0 Å². The average Bonchev–Trinajstić information content (AvgIpc) is 3.41. The first kappa shape index (κ1) is 24.3. The van der Waals surface area contributed by atoms with Gasteiger partial charge in [0, 0.05) is 41.7 Å². The summed E-state index contributed by atoms with van der Waals surface area (Å²) >= 11 is 0. The first-order valence-electron chi connectivity index (χ1n) is 13.9. The molecule has 2 aromatic rings. The average molecular weight is 496 g/mol. The van der Waals surface area contributed by atoms with Crippen LogP contribution in [0.2, 0.25) is 0 Å². The summed E-state index contributed by atoms with van der Waals surface area (Å²) in [5.41, 5.74) is 3.43. The van der Waals surface area contributed by atoms with Gasteiger partial charge in [-0.2, -0.15) is 0 Å². The highest BCUT2D eigenvalue weighted by molar-refractivity contribution is 5.61. The lowest BCUT2D eigenvalue weighted by molar-refractivity contribution is -0.189. The number of nitrogens with zero attached hydrogens (tertiary/aromatic N) is 1. The van der Waals surface area contributed by atoms with E-state index in [1.54, 1.807) is 12.5 Å². The molecule has 2 aliphatic heterocycles. The Hall–Kier alpha value is -2.02. The summed E-state index contributed by atoms with van der Waals surface area (Å²) in [6.45, 7) is 9.78. The van der Waals surface area contributed by atoms with Crippen LogP contribution in [0.4, 0.5) is 0 Å². The Morgan fingerprint density at radius 2 is 2.03 bits per heavy atom. The molecule has 6 nitrogen and oxygen atoms in total. The smallest absolute Gasteiger partial charge is 0.165 e. The summed E-state index contributed by atoms with van der Waals surface area (Å²) in [5.74, 6) is 2.33. The summed E-state index contributed by atoms with van der Waals surface area (Å²) in [5, 5.41) is 10.8. The zero-order chi connectivity index (χ0) is 25.1. The molecule has 196 valence electrons. The number of rotatable bonds is 7. The van der Waals surface area contributed by atoms with E-state index in [9.17, 15) is 5.11 Å². The van der Waals surface area contributed by atoms with Crippen LogP contribution in [0.3, 0.4) is 0 Å². The minimum Gasteiger partial charge on any atom is -0.504 e. The van der Waals surface area contributed by atoms with Crippen LogP contribution in [0.15, 0.2) is 35.1 Å². The largest absolute Gasteiger partial charge is 0.504 e. The molecule has 3 aliphatic carbocycles. The van der Waals surface area contributed by atoms with Gasteiger partial charge in [0.05, 0.1) is 25.7 Å². The van der Waals surface area contributed by atoms with Crippen molar-refractivity contribution in [3.05, 3.63) is 47.4 Å². The number of phenols is 1. The number of hydrogen-bond donors (Lipinski definition) is 1. The first-order valence-corrected chi connectivity index (χ1v) is 13.9. The molecule has 6 heteroatoms. The Bertz CT molecular complexity index is 1080. The van der Waals surface area contributed by atoms with Gasteiger partial charge in [-0.25, -0.2) is 0 Å². The number of aromatic hydroxyl groups is 1. The van der Waals surface area contributed by atoms with Gasteiger partial charge in [-0.05, 0) is 68.2 Å². The second-order valence-electron chi connectivity index (χ2n) is 11.7. The van der Waals surface area contributed by atoms with E-state index < -0.39 is 0 Å². The zero-order valence-corrected chi connectivity index (χ0v) is 22.2. The lowest BCUT2D eigenvalue weighted by Crippen LogP contribution is -2.71. The lowest BCUT2D eigenvalue weighted by Gasteiger charge is -2.63. The summed E-state index contributed by atoms with van der Waals surface area (Å²) < 4.78 is 24.5. The Morgan fingerprint density at radius 1 is 1.19 bits per heavy atom. The summed E-state index contributed by atoms with van der Waals surface area (Å²) in [7, 11) is 1.81. The number of hydrogen-bond acceptors (Lipinski definition) is 6. The van der Waals surface area contributed by atoms with Crippen molar-refractivity contribution >= 4 is 0 Å². The minimum atomic E-state index is -0.187. The van der Waals surface area contributed by atoms with Crippen LogP contribution in [0, 0.1) is 17.3 Å². The van der Waals surface area contributed by atoms with Gasteiger partial charge < -0.3 is 23.7 Å². The first-order chi connectivity index (χ1) is 17.5. The molecule has 4 unspecified atom stereocenters. The van der Waals surface area contributed by atoms with Gasteiger partial charge in [-0.15, -0.1) is 0 Å². The highest BCUT2D eigenvalue weighted by atomic mass is 16.5. The molecule has 3 heterocycles. The van der Waals surface area contributed by atoms with Crippen LogP contribution in [-0.2, 0) is 27.9 Å². The highest BCUT2D eigenvalue weighted by Crippen LogP contribution is 2.66. The molecule has 0 amide bonds. The van der Waals surface area contributed by atoms with Crippen molar-refractivity contribution < 1.29 is 23.7 Å². The second-order valence-corrected chi connectivity index (χ2v) is 11.7. The topological polar surface area (TPSA) is 64.3 Å². The molecule has 1 aromatic heterocycles. The monoisotopic (exact) mass is 495 g/mol. The van der Waals surface area contributed by atoms with Gasteiger partial charge in [-0.1, -0.05) is 26.8 Å². The Morgan fingerprint density at radius 3 is 2.75 bits per heavy atom. The maximum atomic E-state index is 10.8.